The quantitative estimate of drug-likeness (QED) is 0.369. The van der Waals surface area contributed by atoms with Crippen molar-refractivity contribution >= 4 is 44.7 Å². The lowest BCUT2D eigenvalue weighted by atomic mass is 10.1. The average molecular weight is 588 g/mol. The lowest BCUT2D eigenvalue weighted by Gasteiger charge is -2.28. The van der Waals surface area contributed by atoms with Crippen molar-refractivity contribution in [3.05, 3.63) is 51.9 Å². The van der Waals surface area contributed by atoms with Crippen LogP contribution in [-0.2, 0) is 23.5 Å². The molecule has 0 unspecified atom stereocenters. The number of pyridine rings is 1. The van der Waals surface area contributed by atoms with Gasteiger partial charge in [-0.15, -0.1) is 0 Å². The van der Waals surface area contributed by atoms with Gasteiger partial charge in [0.05, 0.1) is 21.4 Å². The highest BCUT2D eigenvalue weighted by atomic mass is 35.5. The first-order valence-corrected chi connectivity index (χ1v) is 14.4. The molecular weight excluding hydrogens is 557 g/mol. The topological polar surface area (TPSA) is 83.4 Å². The lowest BCUT2D eigenvalue weighted by Crippen LogP contribution is -2.43. The van der Waals surface area contributed by atoms with Gasteiger partial charge in [0.1, 0.15) is 16.4 Å². The summed E-state index contributed by atoms with van der Waals surface area (Å²) in [5.41, 5.74) is 1.63. The smallest absolute Gasteiger partial charge is 0.328 e. The normalized spacial score (nSPS) is 14.5. The lowest BCUT2D eigenvalue weighted by molar-refractivity contribution is 0.161. The van der Waals surface area contributed by atoms with Crippen LogP contribution >= 0.6 is 23.2 Å². The molecule has 1 fully saturated rings. The Morgan fingerprint density at radius 1 is 1.11 bits per heavy atom. The maximum atomic E-state index is 14.5. The molecule has 1 N–H and O–H groups in total. The number of piperazine rings is 1. The van der Waals surface area contributed by atoms with Crippen LogP contribution in [0.5, 0.6) is 0 Å². The molecule has 0 aliphatic carbocycles. The largest absolute Gasteiger partial charge is 0.354 e. The third-order valence-electron chi connectivity index (χ3n) is 6.41. The van der Waals surface area contributed by atoms with Crippen molar-refractivity contribution in [2.45, 2.75) is 38.6 Å². The third-order valence-corrected chi connectivity index (χ3v) is 9.04. The molecule has 206 valence electrons. The van der Waals surface area contributed by atoms with Crippen molar-refractivity contribution in [2.24, 2.45) is 13.0 Å². The minimum atomic E-state index is -4.87. The van der Waals surface area contributed by atoms with Gasteiger partial charge in [0, 0.05) is 39.4 Å². The van der Waals surface area contributed by atoms with E-state index in [1.54, 1.807) is 26.2 Å². The van der Waals surface area contributed by atoms with Crippen molar-refractivity contribution < 1.29 is 17.2 Å². The fraction of sp³-hybridized carbons (Fsp3) is 0.440. The number of benzene rings is 1. The molecule has 0 radical (unpaired) electrons. The van der Waals surface area contributed by atoms with Crippen LogP contribution in [0.1, 0.15) is 25.2 Å². The molecule has 38 heavy (non-hydrogen) atoms. The summed E-state index contributed by atoms with van der Waals surface area (Å²) in [7, 11) is -3.29. The van der Waals surface area contributed by atoms with E-state index in [0.29, 0.717) is 17.5 Å². The van der Waals surface area contributed by atoms with E-state index in [-0.39, 0.29) is 37.3 Å². The first kappa shape index (κ1) is 28.5. The van der Waals surface area contributed by atoms with Gasteiger partial charge in [-0.05, 0) is 54.7 Å². The molecule has 13 heteroatoms. The molecule has 2 aromatic heterocycles. The molecule has 0 spiro atoms. The van der Waals surface area contributed by atoms with E-state index in [4.69, 9.17) is 23.2 Å². The molecule has 1 aliphatic rings. The second kappa shape index (κ2) is 11.3. The molecule has 4 rings (SSSR count). The molecule has 1 aliphatic heterocycles. The van der Waals surface area contributed by atoms with Crippen molar-refractivity contribution in [1.82, 2.24) is 20.1 Å². The summed E-state index contributed by atoms with van der Waals surface area (Å²) < 4.78 is 58.0. The monoisotopic (exact) mass is 586 g/mol. The van der Waals surface area contributed by atoms with Crippen molar-refractivity contribution in [3.8, 4) is 11.1 Å². The van der Waals surface area contributed by atoms with E-state index in [1.165, 1.54) is 16.8 Å². The number of rotatable bonds is 8. The van der Waals surface area contributed by atoms with E-state index in [1.807, 2.05) is 19.9 Å². The molecule has 0 amide bonds. The molecule has 8 nitrogen and oxygen atoms in total. The summed E-state index contributed by atoms with van der Waals surface area (Å²) in [6.07, 6.45) is 1.97. The maximum absolute atomic E-state index is 14.5. The summed E-state index contributed by atoms with van der Waals surface area (Å²) in [6.45, 7) is 5.22. The Morgan fingerprint density at radius 2 is 1.74 bits per heavy atom. The molecule has 0 saturated carbocycles. The number of halogens is 4. The molecule has 3 aromatic rings. The molecule has 0 bridgehead atoms. The number of aromatic nitrogens is 3. The predicted molar refractivity (Wildman–Crippen MR) is 147 cm³/mol. The fourth-order valence-corrected chi connectivity index (χ4v) is 7.10. The highest BCUT2D eigenvalue weighted by molar-refractivity contribution is 7.93. The molecule has 1 saturated heterocycles. The van der Waals surface area contributed by atoms with Crippen LogP contribution < -0.4 is 14.5 Å². The second-order valence-corrected chi connectivity index (χ2v) is 12.2. The van der Waals surface area contributed by atoms with Gasteiger partial charge in [-0.25, -0.2) is 17.7 Å². The van der Waals surface area contributed by atoms with Crippen LogP contribution in [0.4, 0.5) is 20.3 Å². The van der Waals surface area contributed by atoms with Gasteiger partial charge in [-0.1, -0.05) is 37.0 Å². The molecular formula is C25H30Cl2F2N6O2S. The van der Waals surface area contributed by atoms with Gasteiger partial charge in [0.15, 0.2) is 0 Å². The second-order valence-electron chi connectivity index (χ2n) is 9.59. The molecule has 1 aromatic carbocycles. The van der Waals surface area contributed by atoms with Crippen LogP contribution in [0, 0.1) is 12.8 Å². The summed E-state index contributed by atoms with van der Waals surface area (Å²) >= 11 is 12.9. The number of sulfonamides is 1. The predicted octanol–water partition coefficient (Wildman–Crippen LogP) is 5.12. The minimum absolute atomic E-state index is 0.0585. The Morgan fingerprint density at radius 3 is 2.32 bits per heavy atom. The summed E-state index contributed by atoms with van der Waals surface area (Å²) in [5.74, 6) is 0.824. The van der Waals surface area contributed by atoms with Gasteiger partial charge < -0.3 is 10.2 Å². The zero-order chi connectivity index (χ0) is 27.8. The Kier molecular flexibility index (Phi) is 8.51. The van der Waals surface area contributed by atoms with E-state index >= 15 is 0 Å². The standard InChI is InChI=1S/C25H30Cl2F2N6O2S/c1-15(2)11-21-23(16(3)33(4)32-21)35(25(28)29)38(36,37)24-19(26)12-18(13-20(24)27)17-5-6-31-22(14-17)34-9-7-30-8-10-34/h5-6,12-15,25,30H,7-11H2,1-4H3. The maximum Gasteiger partial charge on any atom is 0.328 e. The highest BCUT2D eigenvalue weighted by Crippen LogP contribution is 2.41. The first-order chi connectivity index (χ1) is 17.9. The van der Waals surface area contributed by atoms with Gasteiger partial charge in [-0.2, -0.15) is 13.9 Å². The fourth-order valence-electron chi connectivity index (χ4n) is 4.54. The van der Waals surface area contributed by atoms with E-state index in [9.17, 15) is 17.2 Å². The third kappa shape index (κ3) is 5.61. The zero-order valence-corrected chi connectivity index (χ0v) is 23.9. The molecule has 0 atom stereocenters. The Hall–Kier alpha value is -2.47. The van der Waals surface area contributed by atoms with Crippen molar-refractivity contribution in [2.75, 3.05) is 35.4 Å². The number of hydrogen-bond acceptors (Lipinski definition) is 6. The van der Waals surface area contributed by atoms with Crippen molar-refractivity contribution in [3.63, 3.8) is 0 Å². The average Bonchev–Trinajstić information content (AvgIpc) is 3.11. The van der Waals surface area contributed by atoms with Gasteiger partial charge in [0.2, 0.25) is 0 Å². The Balaban J connectivity index is 1.78. The number of nitrogens with one attached hydrogen (secondary N) is 1. The Labute approximate surface area is 231 Å². The highest BCUT2D eigenvalue weighted by Gasteiger charge is 2.39. The number of alkyl halides is 2. The van der Waals surface area contributed by atoms with Crippen LogP contribution in [0.25, 0.3) is 11.1 Å². The number of anilines is 2. The van der Waals surface area contributed by atoms with E-state index in [2.05, 4.69) is 20.3 Å². The van der Waals surface area contributed by atoms with Crippen LogP contribution in [-0.4, -0.2) is 55.9 Å². The minimum Gasteiger partial charge on any atom is -0.354 e. The van der Waals surface area contributed by atoms with E-state index < -0.39 is 21.5 Å². The summed E-state index contributed by atoms with van der Waals surface area (Å²) in [6, 6.07) is 6.46. The zero-order valence-electron chi connectivity index (χ0n) is 21.5. The van der Waals surface area contributed by atoms with E-state index in [0.717, 1.165) is 32.0 Å². The van der Waals surface area contributed by atoms with Gasteiger partial charge in [0.25, 0.3) is 10.0 Å². The number of aryl methyl sites for hydroxylation is 1. The van der Waals surface area contributed by atoms with Gasteiger partial charge >= 0.3 is 6.55 Å². The van der Waals surface area contributed by atoms with Crippen LogP contribution in [0.2, 0.25) is 10.0 Å². The molecule has 3 heterocycles. The Bertz CT molecular complexity index is 1400. The number of nitrogens with zero attached hydrogens (tertiary/aromatic N) is 5. The SMILES string of the molecule is Cc1c(N(C(F)F)S(=O)(=O)c2c(Cl)cc(-c3ccnc(N4CCNCC4)c3)cc2Cl)c(CC(C)C)nn1C. The van der Waals surface area contributed by atoms with Crippen LogP contribution in [0.15, 0.2) is 35.4 Å². The summed E-state index contributed by atoms with van der Waals surface area (Å²) in [5, 5.41) is 7.07. The van der Waals surface area contributed by atoms with Crippen molar-refractivity contribution in [1.29, 1.82) is 0 Å². The first-order valence-electron chi connectivity index (χ1n) is 12.2. The number of hydrogen-bond donors (Lipinski definition) is 1. The van der Waals surface area contributed by atoms with Gasteiger partial charge in [-0.3, -0.25) is 4.68 Å². The van der Waals surface area contributed by atoms with Crippen LogP contribution in [0.3, 0.4) is 0 Å². The summed E-state index contributed by atoms with van der Waals surface area (Å²) in [4.78, 5) is 5.99.